The zero-order valence-corrected chi connectivity index (χ0v) is 6.48. The highest BCUT2D eigenvalue weighted by molar-refractivity contribution is 6.26. The molecule has 9 heavy (non-hydrogen) atoms. The Balaban J connectivity index is 3.51. The van der Waals surface area contributed by atoms with Crippen molar-refractivity contribution in [2.75, 3.05) is 0 Å². The second-order valence-corrected chi connectivity index (χ2v) is 2.61. The highest BCUT2D eigenvalue weighted by atomic mass is 35.5. The Morgan fingerprint density at radius 2 is 2.22 bits per heavy atom. The van der Waals surface area contributed by atoms with Crippen molar-refractivity contribution in [2.24, 2.45) is 5.92 Å². The summed E-state index contributed by atoms with van der Waals surface area (Å²) in [5.41, 5.74) is 1.25. The van der Waals surface area contributed by atoms with Gasteiger partial charge in [0.1, 0.15) is 0 Å². The fraction of sp³-hybridized carbons (Fsp3) is 0.571. The lowest BCUT2D eigenvalue weighted by atomic mass is 10.1. The van der Waals surface area contributed by atoms with Crippen LogP contribution in [0.25, 0.3) is 0 Å². The van der Waals surface area contributed by atoms with E-state index in [0.717, 1.165) is 0 Å². The second-order valence-electron chi connectivity index (χ2n) is 2.36. The molecule has 0 N–H and O–H groups in total. The van der Waals surface area contributed by atoms with Crippen LogP contribution in [0.15, 0.2) is 11.6 Å². The zero-order valence-electron chi connectivity index (χ0n) is 5.73. The van der Waals surface area contributed by atoms with Gasteiger partial charge in [-0.1, -0.05) is 25.4 Å². The van der Waals surface area contributed by atoms with Crippen LogP contribution >= 0.6 is 11.6 Å². The first kappa shape index (κ1) is 8.70. The minimum Gasteiger partial charge on any atom is -0.295 e. The Labute approximate surface area is 60.7 Å². The summed E-state index contributed by atoms with van der Waals surface area (Å²) in [4.78, 5) is 10.7. The molecule has 0 saturated carbocycles. The van der Waals surface area contributed by atoms with Gasteiger partial charge in [0.15, 0.2) is 5.78 Å². The molecule has 0 fully saturated rings. The Hall–Kier alpha value is -0.300. The standard InChI is InChI=1S/C7H11ClO/c1-6(2)5-7(9)3-4-8/h3-4,6H,5H2,1-2H3/b4-3+. The van der Waals surface area contributed by atoms with E-state index in [4.69, 9.17) is 11.6 Å². The van der Waals surface area contributed by atoms with Gasteiger partial charge in [-0.2, -0.15) is 0 Å². The topological polar surface area (TPSA) is 17.1 Å². The molecule has 0 amide bonds. The molecule has 0 radical (unpaired) electrons. The molecular formula is C7H11ClO. The summed E-state index contributed by atoms with van der Waals surface area (Å²) >= 11 is 5.18. The fourth-order valence-electron chi connectivity index (χ4n) is 0.541. The van der Waals surface area contributed by atoms with Gasteiger partial charge in [-0.3, -0.25) is 4.79 Å². The first-order valence-corrected chi connectivity index (χ1v) is 3.40. The highest BCUT2D eigenvalue weighted by Gasteiger charge is 1.98. The molecule has 0 aliphatic rings. The van der Waals surface area contributed by atoms with Crippen molar-refractivity contribution in [1.29, 1.82) is 0 Å². The van der Waals surface area contributed by atoms with Gasteiger partial charge < -0.3 is 0 Å². The van der Waals surface area contributed by atoms with E-state index in [9.17, 15) is 4.79 Å². The maximum atomic E-state index is 10.7. The van der Waals surface area contributed by atoms with Crippen molar-refractivity contribution >= 4 is 17.4 Å². The molecule has 0 heterocycles. The number of hydrogen-bond acceptors (Lipinski definition) is 1. The van der Waals surface area contributed by atoms with Gasteiger partial charge in [0, 0.05) is 12.0 Å². The monoisotopic (exact) mass is 146 g/mol. The van der Waals surface area contributed by atoms with Gasteiger partial charge in [-0.25, -0.2) is 0 Å². The first-order valence-electron chi connectivity index (χ1n) is 2.96. The van der Waals surface area contributed by atoms with E-state index in [-0.39, 0.29) is 5.78 Å². The average molecular weight is 147 g/mol. The number of carbonyl (C=O) groups is 1. The molecule has 0 aromatic rings. The number of carbonyl (C=O) groups excluding carboxylic acids is 1. The van der Waals surface area contributed by atoms with Crippen molar-refractivity contribution in [3.8, 4) is 0 Å². The summed E-state index contributed by atoms with van der Waals surface area (Å²) < 4.78 is 0. The second kappa shape index (κ2) is 4.57. The smallest absolute Gasteiger partial charge is 0.156 e. The highest BCUT2D eigenvalue weighted by Crippen LogP contribution is 2.00. The third-order valence-electron chi connectivity index (χ3n) is 0.858. The predicted octanol–water partition coefficient (Wildman–Crippen LogP) is 2.35. The third kappa shape index (κ3) is 5.57. The molecule has 0 aromatic heterocycles. The molecule has 1 nitrogen and oxygen atoms in total. The van der Waals surface area contributed by atoms with Gasteiger partial charge in [0.05, 0.1) is 0 Å². The van der Waals surface area contributed by atoms with Crippen LogP contribution in [0.3, 0.4) is 0 Å². The van der Waals surface area contributed by atoms with Crippen LogP contribution in [0.5, 0.6) is 0 Å². The van der Waals surface area contributed by atoms with Crippen molar-refractivity contribution < 1.29 is 4.79 Å². The molecular weight excluding hydrogens is 136 g/mol. The maximum absolute atomic E-state index is 10.7. The Kier molecular flexibility index (Phi) is 4.41. The molecule has 0 saturated heterocycles. The van der Waals surface area contributed by atoms with E-state index in [1.165, 1.54) is 11.6 Å². The zero-order chi connectivity index (χ0) is 7.28. The van der Waals surface area contributed by atoms with Crippen LogP contribution < -0.4 is 0 Å². The summed E-state index contributed by atoms with van der Waals surface area (Å²) in [5.74, 6) is 0.519. The van der Waals surface area contributed by atoms with Gasteiger partial charge in [0.25, 0.3) is 0 Å². The molecule has 0 unspecified atom stereocenters. The lowest BCUT2D eigenvalue weighted by Gasteiger charge is -1.96. The molecule has 0 rings (SSSR count). The van der Waals surface area contributed by atoms with E-state index in [0.29, 0.717) is 12.3 Å². The summed E-state index contributed by atoms with van der Waals surface area (Å²) in [6.45, 7) is 4.00. The van der Waals surface area contributed by atoms with Gasteiger partial charge in [0.2, 0.25) is 0 Å². The Morgan fingerprint density at radius 1 is 1.67 bits per heavy atom. The molecule has 0 aliphatic heterocycles. The molecule has 0 aliphatic carbocycles. The summed E-state index contributed by atoms with van der Waals surface area (Å²) in [6.07, 6.45) is 1.98. The minimum atomic E-state index is 0.0972. The lowest BCUT2D eigenvalue weighted by molar-refractivity contribution is -0.115. The molecule has 0 spiro atoms. The molecule has 2 heteroatoms. The average Bonchev–Trinajstić information content (AvgIpc) is 1.63. The lowest BCUT2D eigenvalue weighted by Crippen LogP contribution is -1.97. The molecule has 52 valence electrons. The number of ketones is 1. The maximum Gasteiger partial charge on any atom is 0.156 e. The minimum absolute atomic E-state index is 0.0972. The van der Waals surface area contributed by atoms with Gasteiger partial charge in [-0.15, -0.1) is 0 Å². The molecule has 0 aromatic carbocycles. The van der Waals surface area contributed by atoms with Crippen LogP contribution in [-0.4, -0.2) is 5.78 Å². The summed E-state index contributed by atoms with van der Waals surface area (Å²) in [7, 11) is 0. The quantitative estimate of drug-likeness (QED) is 0.559. The van der Waals surface area contributed by atoms with Gasteiger partial charge in [-0.05, 0) is 12.0 Å². The van der Waals surface area contributed by atoms with Crippen LogP contribution in [-0.2, 0) is 4.79 Å². The summed E-state index contributed by atoms with van der Waals surface area (Å²) in [5, 5.41) is 0. The van der Waals surface area contributed by atoms with Crippen LogP contribution in [0, 0.1) is 5.92 Å². The van der Waals surface area contributed by atoms with Crippen molar-refractivity contribution in [2.45, 2.75) is 20.3 Å². The van der Waals surface area contributed by atoms with Crippen LogP contribution in [0.2, 0.25) is 0 Å². The number of rotatable bonds is 3. The van der Waals surface area contributed by atoms with E-state index >= 15 is 0 Å². The Bertz CT molecular complexity index is 116. The summed E-state index contributed by atoms with van der Waals surface area (Å²) in [6, 6.07) is 0. The van der Waals surface area contributed by atoms with Gasteiger partial charge >= 0.3 is 0 Å². The first-order chi connectivity index (χ1) is 4.16. The van der Waals surface area contributed by atoms with E-state index < -0.39 is 0 Å². The normalized spacial score (nSPS) is 11.1. The van der Waals surface area contributed by atoms with E-state index in [1.54, 1.807) is 0 Å². The SMILES string of the molecule is CC(C)CC(=O)/C=C/Cl. The number of allylic oxidation sites excluding steroid dienone is 1. The fourth-order valence-corrected chi connectivity index (χ4v) is 0.681. The van der Waals surface area contributed by atoms with E-state index in [1.807, 2.05) is 13.8 Å². The van der Waals surface area contributed by atoms with Crippen molar-refractivity contribution in [1.82, 2.24) is 0 Å². The van der Waals surface area contributed by atoms with Crippen molar-refractivity contribution in [3.05, 3.63) is 11.6 Å². The Morgan fingerprint density at radius 3 is 2.56 bits per heavy atom. The van der Waals surface area contributed by atoms with Crippen molar-refractivity contribution in [3.63, 3.8) is 0 Å². The molecule has 0 atom stereocenters. The number of halogens is 1. The van der Waals surface area contributed by atoms with Crippen LogP contribution in [0.4, 0.5) is 0 Å². The van der Waals surface area contributed by atoms with Crippen LogP contribution in [0.1, 0.15) is 20.3 Å². The molecule has 0 bridgehead atoms. The predicted molar refractivity (Wildman–Crippen MR) is 39.5 cm³/mol. The largest absolute Gasteiger partial charge is 0.295 e. The van der Waals surface area contributed by atoms with E-state index in [2.05, 4.69) is 0 Å². The number of hydrogen-bond donors (Lipinski definition) is 0. The third-order valence-corrected chi connectivity index (χ3v) is 0.984.